The molecule has 4 nitrogen and oxygen atoms in total. The number of carbonyl (C=O) groups excluding carboxylic acids is 1. The molecule has 1 aliphatic rings. The van der Waals surface area contributed by atoms with Crippen LogP contribution in [0.5, 0.6) is 0 Å². The number of rotatable bonds is 6. The Morgan fingerprint density at radius 3 is 2.76 bits per heavy atom. The van der Waals surface area contributed by atoms with Crippen molar-refractivity contribution >= 4 is 5.97 Å². The third-order valence-electron chi connectivity index (χ3n) is 3.15. The molecule has 1 aliphatic heterocycles. The fourth-order valence-electron chi connectivity index (χ4n) is 2.13. The first-order valence-electron chi connectivity index (χ1n) is 6.42. The van der Waals surface area contributed by atoms with Crippen LogP contribution in [0, 0.1) is 5.92 Å². The standard InChI is InChI=1S/C13H23NO3/c1-2-17-13(16)4-3-8-14-9-5-12(6-10-14)7-11-15/h3-4,12,15H,2,5-11H2,1H3. The second-order valence-electron chi connectivity index (χ2n) is 4.41. The Morgan fingerprint density at radius 2 is 2.18 bits per heavy atom. The lowest BCUT2D eigenvalue weighted by Crippen LogP contribution is -2.34. The van der Waals surface area contributed by atoms with E-state index in [1.54, 1.807) is 6.92 Å². The first-order valence-corrected chi connectivity index (χ1v) is 6.42. The van der Waals surface area contributed by atoms with Crippen molar-refractivity contribution in [1.29, 1.82) is 0 Å². The number of hydrogen-bond donors (Lipinski definition) is 1. The molecule has 0 aliphatic carbocycles. The zero-order chi connectivity index (χ0) is 12.5. The van der Waals surface area contributed by atoms with E-state index in [1.807, 2.05) is 6.08 Å². The highest BCUT2D eigenvalue weighted by molar-refractivity contribution is 5.81. The fourth-order valence-corrected chi connectivity index (χ4v) is 2.13. The van der Waals surface area contributed by atoms with Crippen LogP contribution >= 0.6 is 0 Å². The Bertz CT molecular complexity index is 245. The van der Waals surface area contributed by atoms with Gasteiger partial charge in [0, 0.05) is 19.2 Å². The van der Waals surface area contributed by atoms with Crippen molar-refractivity contribution in [2.75, 3.05) is 32.8 Å². The maximum atomic E-state index is 11.1. The van der Waals surface area contributed by atoms with Crippen molar-refractivity contribution < 1.29 is 14.6 Å². The topological polar surface area (TPSA) is 49.8 Å². The van der Waals surface area contributed by atoms with E-state index in [-0.39, 0.29) is 5.97 Å². The van der Waals surface area contributed by atoms with E-state index in [2.05, 4.69) is 4.90 Å². The second-order valence-corrected chi connectivity index (χ2v) is 4.41. The summed E-state index contributed by atoms with van der Waals surface area (Å²) in [5.74, 6) is 0.410. The summed E-state index contributed by atoms with van der Waals surface area (Å²) >= 11 is 0. The highest BCUT2D eigenvalue weighted by Crippen LogP contribution is 2.19. The second kappa shape index (κ2) is 8.25. The minimum absolute atomic E-state index is 0.261. The van der Waals surface area contributed by atoms with Gasteiger partial charge in [0.15, 0.2) is 0 Å². The largest absolute Gasteiger partial charge is 0.463 e. The third kappa shape index (κ3) is 5.84. The summed E-state index contributed by atoms with van der Waals surface area (Å²) in [5.41, 5.74) is 0. The Balaban J connectivity index is 2.15. The molecular formula is C13H23NO3. The molecule has 0 atom stereocenters. The van der Waals surface area contributed by atoms with Gasteiger partial charge in [0.2, 0.25) is 0 Å². The molecule has 1 N–H and O–H groups in total. The molecular weight excluding hydrogens is 218 g/mol. The molecule has 17 heavy (non-hydrogen) atoms. The minimum Gasteiger partial charge on any atom is -0.463 e. The maximum Gasteiger partial charge on any atom is 0.330 e. The van der Waals surface area contributed by atoms with E-state index >= 15 is 0 Å². The highest BCUT2D eigenvalue weighted by Gasteiger charge is 2.17. The fraction of sp³-hybridized carbons (Fsp3) is 0.769. The summed E-state index contributed by atoms with van der Waals surface area (Å²) in [6, 6.07) is 0. The number of carbonyl (C=O) groups is 1. The quantitative estimate of drug-likeness (QED) is 0.561. The van der Waals surface area contributed by atoms with Gasteiger partial charge < -0.3 is 9.84 Å². The molecule has 0 aromatic rings. The third-order valence-corrected chi connectivity index (χ3v) is 3.15. The normalized spacial score (nSPS) is 18.7. The van der Waals surface area contributed by atoms with Gasteiger partial charge in [-0.2, -0.15) is 0 Å². The van der Waals surface area contributed by atoms with E-state index in [0.717, 1.165) is 38.9 Å². The van der Waals surface area contributed by atoms with Crippen LogP contribution in [0.15, 0.2) is 12.2 Å². The molecule has 0 spiro atoms. The summed E-state index contributed by atoms with van der Waals surface area (Å²) in [5, 5.41) is 8.86. The Hall–Kier alpha value is -0.870. The van der Waals surface area contributed by atoms with Crippen LogP contribution in [0.2, 0.25) is 0 Å². The molecule has 1 rings (SSSR count). The zero-order valence-electron chi connectivity index (χ0n) is 10.6. The van der Waals surface area contributed by atoms with Crippen molar-refractivity contribution in [2.24, 2.45) is 5.92 Å². The first kappa shape index (κ1) is 14.2. The number of nitrogens with zero attached hydrogens (tertiary/aromatic N) is 1. The SMILES string of the molecule is CCOC(=O)C=CCN1CCC(CCO)CC1. The van der Waals surface area contributed by atoms with Gasteiger partial charge in [0.1, 0.15) is 0 Å². The molecule has 1 heterocycles. The van der Waals surface area contributed by atoms with Crippen LogP contribution in [0.4, 0.5) is 0 Å². The lowest BCUT2D eigenvalue weighted by Gasteiger charge is -2.30. The predicted molar refractivity (Wildman–Crippen MR) is 66.6 cm³/mol. The van der Waals surface area contributed by atoms with E-state index < -0.39 is 0 Å². The molecule has 4 heteroatoms. The van der Waals surface area contributed by atoms with Crippen LogP contribution in [0.25, 0.3) is 0 Å². The number of aliphatic hydroxyl groups is 1. The summed E-state index contributed by atoms with van der Waals surface area (Å²) in [4.78, 5) is 13.4. The predicted octanol–water partition coefficient (Wildman–Crippen LogP) is 1.20. The van der Waals surface area contributed by atoms with E-state index in [0.29, 0.717) is 19.1 Å². The molecule has 0 bridgehead atoms. The Kier molecular flexibility index (Phi) is 6.89. The Labute approximate surface area is 103 Å². The van der Waals surface area contributed by atoms with Gasteiger partial charge in [-0.15, -0.1) is 0 Å². The summed E-state index contributed by atoms with van der Waals surface area (Å²) in [6.07, 6.45) is 6.59. The van der Waals surface area contributed by atoms with E-state index in [1.165, 1.54) is 6.08 Å². The summed E-state index contributed by atoms with van der Waals surface area (Å²) < 4.78 is 4.81. The maximum absolute atomic E-state index is 11.1. The molecule has 0 aromatic carbocycles. The minimum atomic E-state index is -0.261. The average Bonchev–Trinajstić information content (AvgIpc) is 2.32. The number of esters is 1. The number of ether oxygens (including phenoxy) is 1. The number of likely N-dealkylation sites (tertiary alicyclic amines) is 1. The zero-order valence-corrected chi connectivity index (χ0v) is 10.6. The smallest absolute Gasteiger partial charge is 0.330 e. The van der Waals surface area contributed by atoms with Gasteiger partial charge in [-0.25, -0.2) is 4.79 Å². The molecule has 0 unspecified atom stereocenters. The van der Waals surface area contributed by atoms with Crippen molar-refractivity contribution in [2.45, 2.75) is 26.2 Å². The molecule has 0 amide bonds. The van der Waals surface area contributed by atoms with Crippen molar-refractivity contribution in [3.8, 4) is 0 Å². The van der Waals surface area contributed by atoms with Crippen LogP contribution in [-0.2, 0) is 9.53 Å². The molecule has 0 radical (unpaired) electrons. The summed E-state index contributed by atoms with van der Waals surface area (Å²) in [6.45, 7) is 5.45. The van der Waals surface area contributed by atoms with Crippen LogP contribution < -0.4 is 0 Å². The lowest BCUT2D eigenvalue weighted by molar-refractivity contribution is -0.137. The van der Waals surface area contributed by atoms with Crippen LogP contribution in [0.1, 0.15) is 26.2 Å². The van der Waals surface area contributed by atoms with Crippen LogP contribution in [0.3, 0.4) is 0 Å². The van der Waals surface area contributed by atoms with E-state index in [4.69, 9.17) is 9.84 Å². The highest BCUT2D eigenvalue weighted by atomic mass is 16.5. The van der Waals surface area contributed by atoms with Gasteiger partial charge in [0.25, 0.3) is 0 Å². The van der Waals surface area contributed by atoms with Crippen molar-refractivity contribution in [3.63, 3.8) is 0 Å². The average molecular weight is 241 g/mol. The number of hydrogen-bond acceptors (Lipinski definition) is 4. The van der Waals surface area contributed by atoms with Crippen molar-refractivity contribution in [1.82, 2.24) is 4.90 Å². The Morgan fingerprint density at radius 1 is 1.47 bits per heavy atom. The number of aliphatic hydroxyl groups excluding tert-OH is 1. The van der Waals surface area contributed by atoms with Crippen LogP contribution in [-0.4, -0.2) is 48.8 Å². The first-order chi connectivity index (χ1) is 8.26. The van der Waals surface area contributed by atoms with Gasteiger partial charge in [-0.1, -0.05) is 6.08 Å². The van der Waals surface area contributed by atoms with E-state index in [9.17, 15) is 4.79 Å². The molecule has 98 valence electrons. The van der Waals surface area contributed by atoms with Gasteiger partial charge in [-0.3, -0.25) is 4.90 Å². The molecule has 1 saturated heterocycles. The molecule has 0 aromatic heterocycles. The number of piperidine rings is 1. The van der Waals surface area contributed by atoms with Gasteiger partial charge in [-0.05, 0) is 45.2 Å². The molecule has 0 saturated carbocycles. The molecule has 1 fully saturated rings. The monoisotopic (exact) mass is 241 g/mol. The van der Waals surface area contributed by atoms with Gasteiger partial charge in [0.05, 0.1) is 6.61 Å². The van der Waals surface area contributed by atoms with Crippen molar-refractivity contribution in [3.05, 3.63) is 12.2 Å². The summed E-state index contributed by atoms with van der Waals surface area (Å²) in [7, 11) is 0. The lowest BCUT2D eigenvalue weighted by atomic mass is 9.94. The van der Waals surface area contributed by atoms with Gasteiger partial charge >= 0.3 is 5.97 Å².